The van der Waals surface area contributed by atoms with Crippen molar-refractivity contribution in [1.82, 2.24) is 0 Å². The van der Waals surface area contributed by atoms with Gasteiger partial charge in [0.25, 0.3) is 5.69 Å². The smallest absolute Gasteiger partial charge is 0.273 e. The first-order valence-electron chi connectivity index (χ1n) is 6.28. The highest BCUT2D eigenvalue weighted by Crippen LogP contribution is 2.24. The zero-order valence-electron chi connectivity index (χ0n) is 11.5. The fourth-order valence-corrected chi connectivity index (χ4v) is 1.85. The lowest BCUT2D eigenvalue weighted by molar-refractivity contribution is -0.385. The number of nitrogens with zero attached hydrogens (tertiary/aromatic N) is 1. The summed E-state index contributed by atoms with van der Waals surface area (Å²) in [6, 6.07) is 11.6. The third-order valence-electron chi connectivity index (χ3n) is 3.01. The van der Waals surface area contributed by atoms with Crippen molar-refractivity contribution in [3.05, 3.63) is 69.3 Å². The molecule has 0 atom stereocenters. The SMILES string of the molecule is Cc1ccc([N+](=O)[O-])cc1OCc1cccc(C(=N)N)c1. The molecule has 0 radical (unpaired) electrons. The van der Waals surface area contributed by atoms with E-state index in [0.717, 1.165) is 11.1 Å². The van der Waals surface area contributed by atoms with Crippen molar-refractivity contribution in [3.8, 4) is 5.75 Å². The topological polar surface area (TPSA) is 102 Å². The molecular formula is C15H15N3O3. The van der Waals surface area contributed by atoms with Crippen molar-refractivity contribution in [2.75, 3.05) is 0 Å². The van der Waals surface area contributed by atoms with Crippen LogP contribution in [-0.4, -0.2) is 10.8 Å². The molecule has 2 aromatic carbocycles. The minimum absolute atomic E-state index is 0.00640. The third kappa shape index (κ3) is 3.56. The van der Waals surface area contributed by atoms with E-state index in [0.29, 0.717) is 11.3 Å². The van der Waals surface area contributed by atoms with Crippen molar-refractivity contribution in [3.63, 3.8) is 0 Å². The van der Waals surface area contributed by atoms with E-state index in [-0.39, 0.29) is 18.1 Å². The van der Waals surface area contributed by atoms with E-state index in [1.54, 1.807) is 24.3 Å². The van der Waals surface area contributed by atoms with E-state index in [4.69, 9.17) is 15.9 Å². The van der Waals surface area contributed by atoms with Gasteiger partial charge in [-0.2, -0.15) is 0 Å². The predicted molar refractivity (Wildman–Crippen MR) is 79.6 cm³/mol. The molecule has 2 aromatic rings. The number of nitrogens with two attached hydrogens (primary N) is 1. The van der Waals surface area contributed by atoms with Crippen molar-refractivity contribution >= 4 is 11.5 Å². The van der Waals surface area contributed by atoms with Crippen molar-refractivity contribution in [2.24, 2.45) is 5.73 Å². The molecule has 0 saturated carbocycles. The molecule has 0 amide bonds. The monoisotopic (exact) mass is 285 g/mol. The predicted octanol–water partition coefficient (Wildman–Crippen LogP) is 2.77. The van der Waals surface area contributed by atoms with Crippen LogP contribution in [0.15, 0.2) is 42.5 Å². The Kier molecular flexibility index (Phi) is 4.18. The van der Waals surface area contributed by atoms with Gasteiger partial charge in [-0.05, 0) is 30.2 Å². The lowest BCUT2D eigenvalue weighted by atomic mass is 10.1. The number of ether oxygens (including phenoxy) is 1. The lowest BCUT2D eigenvalue weighted by Gasteiger charge is -2.09. The van der Waals surface area contributed by atoms with Crippen LogP contribution in [0.1, 0.15) is 16.7 Å². The van der Waals surface area contributed by atoms with Crippen LogP contribution in [-0.2, 0) is 6.61 Å². The number of amidine groups is 1. The minimum atomic E-state index is -0.456. The Labute approximate surface area is 121 Å². The minimum Gasteiger partial charge on any atom is -0.488 e. The Morgan fingerprint density at radius 3 is 2.76 bits per heavy atom. The van der Waals surface area contributed by atoms with Gasteiger partial charge in [0.2, 0.25) is 0 Å². The summed E-state index contributed by atoms with van der Waals surface area (Å²) in [6.45, 7) is 2.08. The van der Waals surface area contributed by atoms with Crippen LogP contribution in [0.2, 0.25) is 0 Å². The van der Waals surface area contributed by atoms with Gasteiger partial charge in [-0.1, -0.05) is 18.2 Å². The summed E-state index contributed by atoms with van der Waals surface area (Å²) in [6.07, 6.45) is 0. The van der Waals surface area contributed by atoms with E-state index in [2.05, 4.69) is 0 Å². The third-order valence-corrected chi connectivity index (χ3v) is 3.01. The van der Waals surface area contributed by atoms with Gasteiger partial charge in [0.05, 0.1) is 11.0 Å². The Morgan fingerprint density at radius 2 is 2.10 bits per heavy atom. The van der Waals surface area contributed by atoms with E-state index < -0.39 is 4.92 Å². The highest BCUT2D eigenvalue weighted by molar-refractivity contribution is 5.95. The first-order valence-corrected chi connectivity index (χ1v) is 6.28. The van der Waals surface area contributed by atoms with Crippen LogP contribution in [0.4, 0.5) is 5.69 Å². The maximum absolute atomic E-state index is 10.8. The number of aryl methyl sites for hydroxylation is 1. The van der Waals surface area contributed by atoms with Crippen molar-refractivity contribution in [1.29, 1.82) is 5.41 Å². The zero-order valence-corrected chi connectivity index (χ0v) is 11.5. The second-order valence-electron chi connectivity index (χ2n) is 4.61. The van der Waals surface area contributed by atoms with Crippen LogP contribution in [0.5, 0.6) is 5.75 Å². The number of hydrogen-bond acceptors (Lipinski definition) is 4. The average molecular weight is 285 g/mol. The molecular weight excluding hydrogens is 270 g/mol. The second-order valence-corrected chi connectivity index (χ2v) is 4.61. The highest BCUT2D eigenvalue weighted by atomic mass is 16.6. The number of rotatable bonds is 5. The average Bonchev–Trinajstić information content (AvgIpc) is 2.46. The van der Waals surface area contributed by atoms with E-state index in [9.17, 15) is 10.1 Å². The molecule has 21 heavy (non-hydrogen) atoms. The van der Waals surface area contributed by atoms with Crippen molar-refractivity contribution in [2.45, 2.75) is 13.5 Å². The zero-order chi connectivity index (χ0) is 15.4. The fraction of sp³-hybridized carbons (Fsp3) is 0.133. The molecule has 0 spiro atoms. The number of benzene rings is 2. The van der Waals surface area contributed by atoms with Crippen LogP contribution in [0, 0.1) is 22.4 Å². The van der Waals surface area contributed by atoms with Crippen LogP contribution < -0.4 is 10.5 Å². The fourth-order valence-electron chi connectivity index (χ4n) is 1.85. The number of nitro groups is 1. The molecule has 0 aliphatic heterocycles. The van der Waals surface area contributed by atoms with Gasteiger partial charge < -0.3 is 10.5 Å². The molecule has 6 heteroatoms. The molecule has 0 fully saturated rings. The Bertz CT molecular complexity index is 698. The summed E-state index contributed by atoms with van der Waals surface area (Å²) < 4.78 is 5.63. The molecule has 0 aliphatic rings. The Balaban J connectivity index is 2.16. The number of nitro benzene ring substituents is 1. The molecule has 3 N–H and O–H groups in total. The molecule has 108 valence electrons. The van der Waals surface area contributed by atoms with E-state index >= 15 is 0 Å². The maximum atomic E-state index is 10.8. The van der Waals surface area contributed by atoms with Crippen molar-refractivity contribution < 1.29 is 9.66 Å². The Morgan fingerprint density at radius 1 is 1.33 bits per heavy atom. The van der Waals surface area contributed by atoms with Gasteiger partial charge in [-0.3, -0.25) is 15.5 Å². The summed E-state index contributed by atoms with van der Waals surface area (Å²) in [5, 5.41) is 18.2. The number of nitrogens with one attached hydrogen (secondary N) is 1. The summed E-state index contributed by atoms with van der Waals surface area (Å²) in [5.41, 5.74) is 7.71. The van der Waals surface area contributed by atoms with E-state index in [1.165, 1.54) is 12.1 Å². The molecule has 0 bridgehead atoms. The van der Waals surface area contributed by atoms with Gasteiger partial charge in [0, 0.05) is 11.6 Å². The van der Waals surface area contributed by atoms with E-state index in [1.807, 2.05) is 13.0 Å². The quantitative estimate of drug-likeness (QED) is 0.381. The second kappa shape index (κ2) is 6.04. The molecule has 0 saturated heterocycles. The summed E-state index contributed by atoms with van der Waals surface area (Å²) in [7, 11) is 0. The summed E-state index contributed by atoms with van der Waals surface area (Å²) in [5.74, 6) is 0.459. The Hall–Kier alpha value is -2.89. The van der Waals surface area contributed by atoms with Gasteiger partial charge in [0.1, 0.15) is 18.2 Å². The first kappa shape index (κ1) is 14.5. The molecule has 0 aromatic heterocycles. The largest absolute Gasteiger partial charge is 0.488 e. The standard InChI is InChI=1S/C15H15N3O3/c1-10-5-6-13(18(19)20)8-14(10)21-9-11-3-2-4-12(7-11)15(16)17/h2-8H,9H2,1H3,(H3,16,17). The van der Waals surface area contributed by atoms with Crippen LogP contribution in [0.3, 0.4) is 0 Å². The molecule has 2 rings (SSSR count). The van der Waals surface area contributed by atoms with Gasteiger partial charge in [0.15, 0.2) is 0 Å². The summed E-state index contributed by atoms with van der Waals surface area (Å²) in [4.78, 5) is 10.3. The number of non-ortho nitro benzene ring substituents is 1. The summed E-state index contributed by atoms with van der Waals surface area (Å²) >= 11 is 0. The molecule has 0 heterocycles. The van der Waals surface area contributed by atoms with Gasteiger partial charge in [-0.25, -0.2) is 0 Å². The highest BCUT2D eigenvalue weighted by Gasteiger charge is 2.10. The first-order chi connectivity index (χ1) is 9.97. The van der Waals surface area contributed by atoms with Crippen LogP contribution >= 0.6 is 0 Å². The van der Waals surface area contributed by atoms with Gasteiger partial charge in [-0.15, -0.1) is 0 Å². The normalized spacial score (nSPS) is 10.1. The lowest BCUT2D eigenvalue weighted by Crippen LogP contribution is -2.11. The molecule has 0 aliphatic carbocycles. The molecule has 6 nitrogen and oxygen atoms in total. The van der Waals surface area contributed by atoms with Crippen LogP contribution in [0.25, 0.3) is 0 Å². The maximum Gasteiger partial charge on any atom is 0.273 e. The molecule has 0 unspecified atom stereocenters. The number of hydrogen-bond donors (Lipinski definition) is 2. The number of nitrogen functional groups attached to an aromatic ring is 1. The van der Waals surface area contributed by atoms with Gasteiger partial charge >= 0.3 is 0 Å².